The SMILES string of the molecule is CCCCC(CCC)NC(=O)NC1CCC(C(=O)O)C1. The van der Waals surface area contributed by atoms with Crippen molar-refractivity contribution in [3.8, 4) is 0 Å². The van der Waals surface area contributed by atoms with Crippen molar-refractivity contribution in [2.24, 2.45) is 5.92 Å². The van der Waals surface area contributed by atoms with Crippen molar-refractivity contribution < 1.29 is 14.7 Å². The molecule has 1 saturated carbocycles. The summed E-state index contributed by atoms with van der Waals surface area (Å²) in [5, 5.41) is 14.9. The van der Waals surface area contributed by atoms with Crippen molar-refractivity contribution in [1.82, 2.24) is 10.6 Å². The monoisotopic (exact) mass is 284 g/mol. The average Bonchev–Trinajstić information content (AvgIpc) is 2.84. The van der Waals surface area contributed by atoms with Crippen molar-refractivity contribution in [3.05, 3.63) is 0 Å². The molecule has 0 aromatic carbocycles. The number of hydrogen-bond acceptors (Lipinski definition) is 2. The van der Waals surface area contributed by atoms with E-state index in [4.69, 9.17) is 5.11 Å². The molecule has 0 saturated heterocycles. The number of amides is 2. The minimum absolute atomic E-state index is 0.00421. The third kappa shape index (κ3) is 5.80. The number of rotatable bonds is 8. The first kappa shape index (κ1) is 16.8. The molecule has 0 aliphatic heterocycles. The molecule has 0 aromatic rings. The fraction of sp³-hybridized carbons (Fsp3) is 0.867. The molecule has 20 heavy (non-hydrogen) atoms. The largest absolute Gasteiger partial charge is 0.481 e. The number of aliphatic carboxylic acids is 1. The van der Waals surface area contributed by atoms with Crippen molar-refractivity contribution in [1.29, 1.82) is 0 Å². The summed E-state index contributed by atoms with van der Waals surface area (Å²) in [6.07, 6.45) is 7.29. The molecular formula is C15H28N2O3. The Morgan fingerprint density at radius 1 is 1.20 bits per heavy atom. The summed E-state index contributed by atoms with van der Waals surface area (Å²) in [6.45, 7) is 4.26. The smallest absolute Gasteiger partial charge is 0.315 e. The molecule has 3 atom stereocenters. The van der Waals surface area contributed by atoms with E-state index in [0.29, 0.717) is 12.8 Å². The molecule has 3 N–H and O–H groups in total. The van der Waals surface area contributed by atoms with Gasteiger partial charge in [0, 0.05) is 12.1 Å². The van der Waals surface area contributed by atoms with Crippen LogP contribution in [0.5, 0.6) is 0 Å². The van der Waals surface area contributed by atoms with Gasteiger partial charge in [-0.05, 0) is 32.1 Å². The van der Waals surface area contributed by atoms with Gasteiger partial charge < -0.3 is 15.7 Å². The van der Waals surface area contributed by atoms with E-state index >= 15 is 0 Å². The second-order valence-corrected chi connectivity index (χ2v) is 5.79. The van der Waals surface area contributed by atoms with Crippen LogP contribution in [0.1, 0.15) is 65.2 Å². The molecular weight excluding hydrogens is 256 g/mol. The second-order valence-electron chi connectivity index (χ2n) is 5.79. The van der Waals surface area contributed by atoms with Gasteiger partial charge in [-0.2, -0.15) is 0 Å². The van der Waals surface area contributed by atoms with Gasteiger partial charge in [0.25, 0.3) is 0 Å². The zero-order valence-corrected chi connectivity index (χ0v) is 12.7. The van der Waals surface area contributed by atoms with E-state index in [1.807, 2.05) is 0 Å². The number of unbranched alkanes of at least 4 members (excludes halogenated alkanes) is 1. The summed E-state index contributed by atoms with van der Waals surface area (Å²) in [5.41, 5.74) is 0. The van der Waals surface area contributed by atoms with Crippen LogP contribution in [0.2, 0.25) is 0 Å². The standard InChI is InChI=1S/C15H28N2O3/c1-3-5-7-12(6-4-2)16-15(20)17-13-9-8-11(10-13)14(18)19/h11-13H,3-10H2,1-2H3,(H,18,19)(H2,16,17,20). The topological polar surface area (TPSA) is 78.4 Å². The van der Waals surface area contributed by atoms with Gasteiger partial charge in [-0.1, -0.05) is 33.1 Å². The maximum absolute atomic E-state index is 12.0. The maximum Gasteiger partial charge on any atom is 0.315 e. The summed E-state index contributed by atoms with van der Waals surface area (Å²) >= 11 is 0. The number of carboxylic acid groups (broad SMARTS) is 1. The highest BCUT2D eigenvalue weighted by molar-refractivity contribution is 5.75. The van der Waals surface area contributed by atoms with Crippen LogP contribution in [0.3, 0.4) is 0 Å². The van der Waals surface area contributed by atoms with Crippen molar-refractivity contribution >= 4 is 12.0 Å². The molecule has 0 bridgehead atoms. The molecule has 5 heteroatoms. The average molecular weight is 284 g/mol. The van der Waals surface area contributed by atoms with E-state index in [2.05, 4.69) is 24.5 Å². The van der Waals surface area contributed by atoms with Crippen LogP contribution >= 0.6 is 0 Å². The van der Waals surface area contributed by atoms with E-state index < -0.39 is 5.97 Å². The lowest BCUT2D eigenvalue weighted by Crippen LogP contribution is -2.45. The lowest BCUT2D eigenvalue weighted by Gasteiger charge is -2.20. The first-order valence-electron chi connectivity index (χ1n) is 7.86. The first-order chi connectivity index (χ1) is 9.56. The zero-order chi connectivity index (χ0) is 15.0. The van der Waals surface area contributed by atoms with Crippen LogP contribution in [0.25, 0.3) is 0 Å². The molecule has 0 spiro atoms. The van der Waals surface area contributed by atoms with E-state index in [-0.39, 0.29) is 24.0 Å². The van der Waals surface area contributed by atoms with Crippen LogP contribution in [-0.2, 0) is 4.79 Å². The first-order valence-corrected chi connectivity index (χ1v) is 7.86. The fourth-order valence-electron chi connectivity index (χ4n) is 2.84. The molecule has 0 heterocycles. The summed E-state index contributed by atoms with van der Waals surface area (Å²) in [7, 11) is 0. The number of nitrogens with one attached hydrogen (secondary N) is 2. The van der Waals surface area contributed by atoms with Gasteiger partial charge in [-0.3, -0.25) is 4.79 Å². The van der Waals surface area contributed by atoms with E-state index in [1.54, 1.807) is 0 Å². The van der Waals surface area contributed by atoms with Crippen molar-refractivity contribution in [2.45, 2.75) is 77.3 Å². The Morgan fingerprint density at radius 2 is 1.95 bits per heavy atom. The van der Waals surface area contributed by atoms with E-state index in [0.717, 1.165) is 38.5 Å². The van der Waals surface area contributed by atoms with Crippen LogP contribution in [-0.4, -0.2) is 29.2 Å². The Labute approximate surface area is 121 Å². The van der Waals surface area contributed by atoms with E-state index in [1.165, 1.54) is 0 Å². The van der Waals surface area contributed by atoms with Crippen molar-refractivity contribution in [2.75, 3.05) is 0 Å². The minimum Gasteiger partial charge on any atom is -0.481 e. The Bertz CT molecular complexity index is 320. The second kappa shape index (κ2) is 8.82. The maximum atomic E-state index is 12.0. The highest BCUT2D eigenvalue weighted by Crippen LogP contribution is 2.25. The lowest BCUT2D eigenvalue weighted by molar-refractivity contribution is -0.141. The van der Waals surface area contributed by atoms with Gasteiger partial charge in [0.2, 0.25) is 0 Å². The van der Waals surface area contributed by atoms with Gasteiger partial charge in [0.15, 0.2) is 0 Å². The molecule has 1 aliphatic carbocycles. The van der Waals surface area contributed by atoms with Gasteiger partial charge >= 0.3 is 12.0 Å². The predicted octanol–water partition coefficient (Wildman–Crippen LogP) is 2.90. The third-order valence-electron chi connectivity index (χ3n) is 4.00. The fourth-order valence-corrected chi connectivity index (χ4v) is 2.84. The number of carbonyl (C=O) groups excluding carboxylic acids is 1. The minimum atomic E-state index is -0.749. The Balaban J connectivity index is 2.32. The summed E-state index contributed by atoms with van der Waals surface area (Å²) < 4.78 is 0. The predicted molar refractivity (Wildman–Crippen MR) is 78.7 cm³/mol. The van der Waals surface area contributed by atoms with Crippen LogP contribution in [0.15, 0.2) is 0 Å². The lowest BCUT2D eigenvalue weighted by atomic mass is 10.1. The molecule has 0 radical (unpaired) electrons. The molecule has 2 amide bonds. The van der Waals surface area contributed by atoms with Crippen LogP contribution in [0, 0.1) is 5.92 Å². The molecule has 116 valence electrons. The third-order valence-corrected chi connectivity index (χ3v) is 4.00. The van der Waals surface area contributed by atoms with Gasteiger partial charge in [-0.15, -0.1) is 0 Å². The molecule has 1 rings (SSSR count). The molecule has 3 unspecified atom stereocenters. The number of urea groups is 1. The van der Waals surface area contributed by atoms with Gasteiger partial charge in [0.05, 0.1) is 5.92 Å². The highest BCUT2D eigenvalue weighted by Gasteiger charge is 2.30. The molecule has 1 aliphatic rings. The summed E-state index contributed by atoms with van der Waals surface area (Å²) in [4.78, 5) is 22.8. The Morgan fingerprint density at radius 3 is 2.50 bits per heavy atom. The van der Waals surface area contributed by atoms with Crippen LogP contribution < -0.4 is 10.6 Å². The number of carbonyl (C=O) groups is 2. The molecule has 0 aromatic heterocycles. The summed E-state index contributed by atoms with van der Waals surface area (Å²) in [5.74, 6) is -1.05. The summed E-state index contributed by atoms with van der Waals surface area (Å²) in [6, 6.07) is 0.0942. The molecule has 5 nitrogen and oxygen atoms in total. The Hall–Kier alpha value is -1.26. The number of hydrogen-bond donors (Lipinski definition) is 3. The highest BCUT2D eigenvalue weighted by atomic mass is 16.4. The van der Waals surface area contributed by atoms with E-state index in [9.17, 15) is 9.59 Å². The van der Waals surface area contributed by atoms with Crippen molar-refractivity contribution in [3.63, 3.8) is 0 Å². The normalized spacial score (nSPS) is 23.3. The van der Waals surface area contributed by atoms with Crippen LogP contribution in [0.4, 0.5) is 4.79 Å². The van der Waals surface area contributed by atoms with Gasteiger partial charge in [-0.25, -0.2) is 4.79 Å². The Kier molecular flexibility index (Phi) is 7.41. The number of carboxylic acids is 1. The zero-order valence-electron chi connectivity index (χ0n) is 12.7. The quantitative estimate of drug-likeness (QED) is 0.641. The van der Waals surface area contributed by atoms with Gasteiger partial charge in [0.1, 0.15) is 0 Å². The molecule has 1 fully saturated rings.